The molecule has 1 aliphatic carbocycles. The minimum atomic E-state index is -1.50. The average Bonchev–Trinajstić information content (AvgIpc) is 2.82. The van der Waals surface area contributed by atoms with Gasteiger partial charge in [0.25, 0.3) is 0 Å². The van der Waals surface area contributed by atoms with Crippen LogP contribution < -0.4 is 34.0 Å². The van der Waals surface area contributed by atoms with Gasteiger partial charge in [-0.1, -0.05) is 0 Å². The van der Waals surface area contributed by atoms with Gasteiger partial charge in [-0.2, -0.15) is 0 Å². The summed E-state index contributed by atoms with van der Waals surface area (Å²) in [6, 6.07) is -3.28. The highest BCUT2D eigenvalue weighted by Crippen LogP contribution is 2.35. The molecule has 210 valence electrons. The van der Waals surface area contributed by atoms with Crippen molar-refractivity contribution in [2.75, 3.05) is 13.7 Å². The van der Waals surface area contributed by atoms with Gasteiger partial charge in [-0.15, -0.1) is 0 Å². The summed E-state index contributed by atoms with van der Waals surface area (Å²) in [5.41, 5.74) is 30.6. The molecule has 0 amide bonds. The minimum Gasteiger partial charge on any atom is -0.394 e. The lowest BCUT2D eigenvalue weighted by Gasteiger charge is -2.51. The Balaban J connectivity index is 1.43. The molecule has 0 bridgehead atoms. The van der Waals surface area contributed by atoms with E-state index in [2.05, 4.69) is 5.32 Å². The summed E-state index contributed by atoms with van der Waals surface area (Å²) >= 11 is 0. The molecule has 0 aromatic rings. The van der Waals surface area contributed by atoms with E-state index in [1.165, 1.54) is 0 Å². The lowest BCUT2D eigenvalue weighted by Crippen LogP contribution is -2.70. The Morgan fingerprint density at radius 1 is 0.778 bits per heavy atom. The Morgan fingerprint density at radius 3 is 2.06 bits per heavy atom. The number of aliphatic hydroxyl groups excluding tert-OH is 4. The second-order valence-corrected chi connectivity index (χ2v) is 10.3. The summed E-state index contributed by atoms with van der Waals surface area (Å²) in [6.45, 7) is -0.483. The number of ether oxygens (including phenoxy) is 5. The first-order valence-corrected chi connectivity index (χ1v) is 12.4. The number of aliphatic hydroxyl groups is 4. The summed E-state index contributed by atoms with van der Waals surface area (Å²) in [6.07, 6.45) is -8.93. The number of likely N-dealkylation sites (N-methyl/N-ethyl adjacent to an activating group) is 1. The lowest BCUT2D eigenvalue weighted by molar-refractivity contribution is -0.371. The Hall–Kier alpha value is -0.600. The number of fused-ring (bicyclic) bond motifs is 1. The van der Waals surface area contributed by atoms with Gasteiger partial charge in [0, 0.05) is 18.1 Å². The maximum atomic E-state index is 11.1. The molecular weight excluding hydrogens is 480 g/mol. The van der Waals surface area contributed by atoms with E-state index in [0.717, 1.165) is 0 Å². The molecule has 0 aromatic heterocycles. The molecule has 15 heteroatoms. The molecule has 0 aromatic carbocycles. The first-order valence-electron chi connectivity index (χ1n) is 12.4. The maximum Gasteiger partial charge on any atom is 0.189 e. The van der Waals surface area contributed by atoms with Gasteiger partial charge < -0.3 is 78.1 Å². The van der Waals surface area contributed by atoms with Gasteiger partial charge >= 0.3 is 0 Å². The second-order valence-electron chi connectivity index (χ2n) is 10.3. The molecular formula is C21H42N6O9. The monoisotopic (exact) mass is 522 g/mol. The van der Waals surface area contributed by atoms with Crippen molar-refractivity contribution in [3.63, 3.8) is 0 Å². The summed E-state index contributed by atoms with van der Waals surface area (Å²) in [4.78, 5) is 0. The summed E-state index contributed by atoms with van der Waals surface area (Å²) in [5.74, 6) is 0. The molecule has 3 aliphatic heterocycles. The zero-order valence-corrected chi connectivity index (χ0v) is 20.3. The standard InChI is InChI=1S/C21H42N6O9/c1-27-13-15(30)18-10(32-20(13)36-21-16(31)14(29)12(26)11(5-28)33-21)4-9(25)19(35-18)34-17-7(23)2-6(22)3-8(17)24/h6-21,27-31H,2-5,22-26H2,1H3/t6-,7?,8?,9?,10-,11?,12+,13?,14?,15?,16?,17-,18?,19-,20?,21+/m0/s1. The smallest absolute Gasteiger partial charge is 0.189 e. The van der Waals surface area contributed by atoms with Crippen molar-refractivity contribution in [3.8, 4) is 0 Å². The predicted molar refractivity (Wildman–Crippen MR) is 124 cm³/mol. The molecule has 36 heavy (non-hydrogen) atoms. The lowest BCUT2D eigenvalue weighted by atomic mass is 9.85. The van der Waals surface area contributed by atoms with E-state index >= 15 is 0 Å². The Morgan fingerprint density at radius 2 is 1.44 bits per heavy atom. The van der Waals surface area contributed by atoms with Crippen LogP contribution >= 0.6 is 0 Å². The average molecular weight is 523 g/mol. The normalized spacial score (nSPS) is 54.2. The maximum absolute atomic E-state index is 11.1. The van der Waals surface area contributed by atoms with Crippen LogP contribution in [0.5, 0.6) is 0 Å². The topological polar surface area (TPSA) is 269 Å². The fraction of sp³-hybridized carbons (Fsp3) is 1.00. The molecule has 10 unspecified atom stereocenters. The van der Waals surface area contributed by atoms with Gasteiger partial charge in [-0.3, -0.25) is 0 Å². The van der Waals surface area contributed by atoms with Crippen molar-refractivity contribution in [3.05, 3.63) is 0 Å². The van der Waals surface area contributed by atoms with Gasteiger partial charge in [0.2, 0.25) is 0 Å². The van der Waals surface area contributed by atoms with Crippen LogP contribution in [0.4, 0.5) is 0 Å². The molecule has 15 nitrogen and oxygen atoms in total. The first kappa shape index (κ1) is 28.4. The largest absolute Gasteiger partial charge is 0.394 e. The van der Waals surface area contributed by atoms with Gasteiger partial charge in [0.05, 0.1) is 36.9 Å². The van der Waals surface area contributed by atoms with E-state index in [0.29, 0.717) is 12.8 Å². The quantitative estimate of drug-likeness (QED) is 0.155. The Labute approximate surface area is 209 Å². The summed E-state index contributed by atoms with van der Waals surface area (Å²) in [5, 5.41) is 44.2. The van der Waals surface area contributed by atoms with Crippen molar-refractivity contribution in [1.29, 1.82) is 0 Å². The Bertz CT molecular complexity index is 713. The third-order valence-electron chi connectivity index (χ3n) is 7.65. The molecule has 4 rings (SSSR count). The van der Waals surface area contributed by atoms with Crippen LogP contribution in [-0.4, -0.2) is 132 Å². The van der Waals surface area contributed by atoms with Crippen molar-refractivity contribution in [1.82, 2.24) is 5.32 Å². The van der Waals surface area contributed by atoms with Gasteiger partial charge in [-0.25, -0.2) is 0 Å². The number of rotatable bonds is 6. The highest BCUT2D eigenvalue weighted by atomic mass is 16.8. The summed E-state index contributed by atoms with van der Waals surface area (Å²) in [7, 11) is 1.60. The molecule has 4 fully saturated rings. The van der Waals surface area contributed by atoms with Crippen molar-refractivity contribution >= 4 is 0 Å². The number of hydrogen-bond acceptors (Lipinski definition) is 15. The van der Waals surface area contributed by atoms with E-state index in [4.69, 9.17) is 52.4 Å². The zero-order chi connectivity index (χ0) is 26.3. The number of hydrogen-bond donors (Lipinski definition) is 10. The van der Waals surface area contributed by atoms with E-state index in [1.54, 1.807) is 7.05 Å². The van der Waals surface area contributed by atoms with E-state index in [9.17, 15) is 20.4 Å². The zero-order valence-electron chi connectivity index (χ0n) is 20.3. The summed E-state index contributed by atoms with van der Waals surface area (Å²) < 4.78 is 29.6. The fourth-order valence-electron chi connectivity index (χ4n) is 5.57. The first-order chi connectivity index (χ1) is 17.0. The fourth-order valence-corrected chi connectivity index (χ4v) is 5.57. The van der Waals surface area contributed by atoms with E-state index in [-0.39, 0.29) is 24.5 Å². The SMILES string of the molecule is CNC1C(O[C@H]2OC(CO)[C@@H](N)C(O)C2O)O[C@H]2CC(N)[C@@H](O[C@H]3C(N)C[C@H](N)CC3N)OC2C1O. The number of nitrogens with two attached hydrogens (primary N) is 5. The van der Waals surface area contributed by atoms with Crippen molar-refractivity contribution in [2.24, 2.45) is 28.7 Å². The van der Waals surface area contributed by atoms with Crippen LogP contribution in [0.1, 0.15) is 19.3 Å². The number of nitrogens with one attached hydrogen (secondary N) is 1. The van der Waals surface area contributed by atoms with E-state index in [1.807, 2.05) is 0 Å². The second kappa shape index (κ2) is 11.6. The van der Waals surface area contributed by atoms with Crippen molar-refractivity contribution in [2.45, 2.75) is 117 Å². The van der Waals surface area contributed by atoms with Crippen LogP contribution in [0.25, 0.3) is 0 Å². The van der Waals surface area contributed by atoms with Crippen LogP contribution in [0.3, 0.4) is 0 Å². The highest BCUT2D eigenvalue weighted by molar-refractivity contribution is 5.01. The molecule has 4 aliphatic rings. The molecule has 1 saturated carbocycles. The highest BCUT2D eigenvalue weighted by Gasteiger charge is 2.53. The third kappa shape index (κ3) is 5.56. The third-order valence-corrected chi connectivity index (χ3v) is 7.65. The van der Waals surface area contributed by atoms with Crippen LogP contribution in [0, 0.1) is 0 Å². The molecule has 3 heterocycles. The van der Waals surface area contributed by atoms with Gasteiger partial charge in [0.1, 0.15) is 30.5 Å². The van der Waals surface area contributed by atoms with Crippen LogP contribution in [0.15, 0.2) is 0 Å². The van der Waals surface area contributed by atoms with Gasteiger partial charge in [-0.05, 0) is 26.3 Å². The van der Waals surface area contributed by atoms with Crippen LogP contribution in [-0.2, 0) is 23.7 Å². The minimum absolute atomic E-state index is 0.0989. The Kier molecular flexibility index (Phi) is 9.19. The molecule has 0 spiro atoms. The van der Waals surface area contributed by atoms with Gasteiger partial charge in [0.15, 0.2) is 18.9 Å². The molecule has 3 saturated heterocycles. The molecule has 0 radical (unpaired) electrons. The predicted octanol–water partition coefficient (Wildman–Crippen LogP) is -5.95. The van der Waals surface area contributed by atoms with E-state index < -0.39 is 86.3 Å². The molecule has 15 N–H and O–H groups in total. The molecule has 14 atom stereocenters. The van der Waals surface area contributed by atoms with Crippen LogP contribution in [0.2, 0.25) is 0 Å². The van der Waals surface area contributed by atoms with Crippen molar-refractivity contribution < 1.29 is 44.1 Å².